The quantitative estimate of drug-likeness (QED) is 0.739. The first-order valence-electron chi connectivity index (χ1n) is 7.89. The van der Waals surface area contributed by atoms with Gasteiger partial charge in [-0.3, -0.25) is 5.10 Å². The van der Waals surface area contributed by atoms with Crippen molar-refractivity contribution in [1.29, 1.82) is 0 Å². The third-order valence-electron chi connectivity index (χ3n) is 4.09. The van der Waals surface area contributed by atoms with E-state index in [0.717, 1.165) is 10.0 Å². The molecule has 2 heterocycles. The number of aromatic amines is 1. The van der Waals surface area contributed by atoms with E-state index >= 15 is 0 Å². The number of cyclic esters (lactones) is 1. The fourth-order valence-electron chi connectivity index (χ4n) is 2.85. The number of anilines is 1. The smallest absolute Gasteiger partial charge is 0.343 e. The Kier molecular flexibility index (Phi) is 4.80. The van der Waals surface area contributed by atoms with E-state index in [-0.39, 0.29) is 18.1 Å². The first kappa shape index (κ1) is 17.5. The maximum atomic E-state index is 12.3. The molecular formula is C17H18BrN3O4. The Labute approximate surface area is 153 Å². The van der Waals surface area contributed by atoms with E-state index in [2.05, 4.69) is 31.4 Å². The highest BCUT2D eigenvalue weighted by molar-refractivity contribution is 9.10. The highest BCUT2D eigenvalue weighted by atomic mass is 79.9. The van der Waals surface area contributed by atoms with Crippen LogP contribution in [0.5, 0.6) is 0 Å². The van der Waals surface area contributed by atoms with Gasteiger partial charge < -0.3 is 14.8 Å². The number of hydrogen-bond acceptors (Lipinski definition) is 6. The summed E-state index contributed by atoms with van der Waals surface area (Å²) in [4.78, 5) is 24.3. The molecule has 0 spiro atoms. The number of halogens is 1. The van der Waals surface area contributed by atoms with Crippen LogP contribution in [0.4, 0.5) is 5.82 Å². The number of ether oxygens (including phenoxy) is 2. The highest BCUT2D eigenvalue weighted by Crippen LogP contribution is 2.38. The number of esters is 2. The van der Waals surface area contributed by atoms with Gasteiger partial charge in [-0.2, -0.15) is 5.10 Å². The molecular weight excluding hydrogens is 390 g/mol. The van der Waals surface area contributed by atoms with Gasteiger partial charge in [0.25, 0.3) is 0 Å². The second-order valence-corrected chi connectivity index (χ2v) is 6.86. The summed E-state index contributed by atoms with van der Waals surface area (Å²) >= 11 is 3.43. The predicted molar refractivity (Wildman–Crippen MR) is 94.2 cm³/mol. The second-order valence-electron chi connectivity index (χ2n) is 5.94. The molecule has 2 aromatic rings. The van der Waals surface area contributed by atoms with Gasteiger partial charge >= 0.3 is 11.9 Å². The molecule has 1 aromatic heterocycles. The molecule has 0 saturated carbocycles. The number of H-pyrrole nitrogens is 1. The van der Waals surface area contributed by atoms with E-state index in [1.807, 2.05) is 31.2 Å². The molecule has 2 atom stereocenters. The third-order valence-corrected chi connectivity index (χ3v) is 4.59. The molecule has 1 fully saturated rings. The van der Waals surface area contributed by atoms with Crippen molar-refractivity contribution in [3.05, 3.63) is 46.1 Å². The topological polar surface area (TPSA) is 93.3 Å². The number of rotatable bonds is 5. The van der Waals surface area contributed by atoms with Crippen LogP contribution in [0.3, 0.4) is 0 Å². The highest BCUT2D eigenvalue weighted by Gasteiger charge is 2.45. The van der Waals surface area contributed by atoms with Crippen LogP contribution in [0.25, 0.3) is 0 Å². The van der Waals surface area contributed by atoms with Crippen molar-refractivity contribution in [3.63, 3.8) is 0 Å². The van der Waals surface area contributed by atoms with Crippen molar-refractivity contribution in [3.8, 4) is 0 Å². The van der Waals surface area contributed by atoms with Crippen molar-refractivity contribution in [2.24, 2.45) is 0 Å². The average Bonchev–Trinajstić information content (AvgIpc) is 3.13. The molecule has 1 aliphatic rings. The number of hydrogen-bond donors (Lipinski definition) is 2. The Morgan fingerprint density at radius 1 is 1.56 bits per heavy atom. The zero-order valence-corrected chi connectivity index (χ0v) is 15.4. The lowest BCUT2D eigenvalue weighted by atomic mass is 9.91. The van der Waals surface area contributed by atoms with E-state index < -0.39 is 17.6 Å². The molecule has 7 nitrogen and oxygen atoms in total. The monoisotopic (exact) mass is 407 g/mol. The van der Waals surface area contributed by atoms with Gasteiger partial charge in [-0.25, -0.2) is 9.59 Å². The van der Waals surface area contributed by atoms with Gasteiger partial charge in [0.1, 0.15) is 23.0 Å². The molecule has 0 aliphatic carbocycles. The number of nitrogens with one attached hydrogen (secondary N) is 2. The van der Waals surface area contributed by atoms with Gasteiger partial charge in [0, 0.05) is 10.9 Å². The molecule has 0 radical (unpaired) electrons. The second kappa shape index (κ2) is 6.87. The third kappa shape index (κ3) is 3.53. The lowest BCUT2D eigenvalue weighted by Crippen LogP contribution is -2.26. The summed E-state index contributed by atoms with van der Waals surface area (Å²) in [5, 5.41) is 9.56. The lowest BCUT2D eigenvalue weighted by molar-refractivity contribution is -0.148. The van der Waals surface area contributed by atoms with E-state index in [1.165, 1.54) is 6.20 Å². The molecule has 0 amide bonds. The standard InChI is InChI=1S/C17H18BrN3O4/c1-3-24-15(22)12-9-19-21-14(12)20-13-8-17(2,25-16(13)23)10-5-4-6-11(18)7-10/h4-7,9,13H,3,8H2,1-2H3,(H2,19,20,21). The molecule has 1 saturated heterocycles. The fourth-order valence-corrected chi connectivity index (χ4v) is 3.25. The Morgan fingerprint density at radius 3 is 3.08 bits per heavy atom. The first-order chi connectivity index (χ1) is 11.9. The summed E-state index contributed by atoms with van der Waals surface area (Å²) in [6.45, 7) is 3.85. The summed E-state index contributed by atoms with van der Waals surface area (Å²) in [6, 6.07) is 7.05. The van der Waals surface area contributed by atoms with E-state index in [4.69, 9.17) is 9.47 Å². The van der Waals surface area contributed by atoms with Crippen LogP contribution in [0.1, 0.15) is 36.2 Å². The lowest BCUT2D eigenvalue weighted by Gasteiger charge is -2.23. The Balaban J connectivity index is 1.78. The summed E-state index contributed by atoms with van der Waals surface area (Å²) in [6.07, 6.45) is 1.79. The van der Waals surface area contributed by atoms with Gasteiger partial charge in [0.05, 0.1) is 12.8 Å². The van der Waals surface area contributed by atoms with Crippen molar-refractivity contribution in [1.82, 2.24) is 10.2 Å². The van der Waals surface area contributed by atoms with Crippen LogP contribution in [-0.2, 0) is 19.9 Å². The van der Waals surface area contributed by atoms with Crippen molar-refractivity contribution in [2.45, 2.75) is 31.9 Å². The van der Waals surface area contributed by atoms with Gasteiger partial charge in [-0.15, -0.1) is 0 Å². The Morgan fingerprint density at radius 2 is 2.36 bits per heavy atom. The van der Waals surface area contributed by atoms with Crippen molar-refractivity contribution >= 4 is 33.7 Å². The van der Waals surface area contributed by atoms with Crippen LogP contribution in [0, 0.1) is 0 Å². The Hall–Kier alpha value is -2.35. The number of aromatic nitrogens is 2. The van der Waals surface area contributed by atoms with E-state index in [0.29, 0.717) is 12.2 Å². The molecule has 2 N–H and O–H groups in total. The van der Waals surface area contributed by atoms with Gasteiger partial charge in [0.15, 0.2) is 0 Å². The van der Waals surface area contributed by atoms with E-state index in [9.17, 15) is 9.59 Å². The molecule has 8 heteroatoms. The zero-order chi connectivity index (χ0) is 18.0. The maximum Gasteiger partial charge on any atom is 0.343 e. The molecule has 25 heavy (non-hydrogen) atoms. The summed E-state index contributed by atoms with van der Waals surface area (Å²) in [5.41, 5.74) is 0.406. The van der Waals surface area contributed by atoms with Crippen LogP contribution in [0.15, 0.2) is 34.9 Å². The SMILES string of the molecule is CCOC(=O)c1cn[nH]c1NC1CC(C)(c2cccc(Br)c2)OC1=O. The average molecular weight is 408 g/mol. The van der Waals surface area contributed by atoms with Crippen LogP contribution < -0.4 is 5.32 Å². The fraction of sp³-hybridized carbons (Fsp3) is 0.353. The summed E-state index contributed by atoms with van der Waals surface area (Å²) in [7, 11) is 0. The molecule has 3 rings (SSSR count). The largest absolute Gasteiger partial charge is 0.462 e. The minimum absolute atomic E-state index is 0.255. The minimum atomic E-state index is -0.747. The number of carbonyl (C=O) groups is 2. The summed E-state index contributed by atoms with van der Waals surface area (Å²) < 4.78 is 11.5. The molecule has 2 unspecified atom stereocenters. The molecule has 0 bridgehead atoms. The zero-order valence-electron chi connectivity index (χ0n) is 13.8. The first-order valence-corrected chi connectivity index (χ1v) is 8.68. The number of benzene rings is 1. The maximum absolute atomic E-state index is 12.3. The van der Waals surface area contributed by atoms with Crippen LogP contribution in [0.2, 0.25) is 0 Å². The van der Waals surface area contributed by atoms with E-state index in [1.54, 1.807) is 6.92 Å². The van der Waals surface area contributed by atoms with Crippen LogP contribution in [-0.4, -0.2) is 34.8 Å². The summed E-state index contributed by atoms with van der Waals surface area (Å²) in [5.74, 6) is -0.536. The molecule has 132 valence electrons. The van der Waals surface area contributed by atoms with Crippen LogP contribution >= 0.6 is 15.9 Å². The number of carbonyl (C=O) groups excluding carboxylic acids is 2. The van der Waals surface area contributed by atoms with Crippen molar-refractivity contribution < 1.29 is 19.1 Å². The number of nitrogens with zero attached hydrogens (tertiary/aromatic N) is 1. The van der Waals surface area contributed by atoms with Gasteiger partial charge in [-0.05, 0) is 31.5 Å². The molecule has 1 aliphatic heterocycles. The normalized spacial score (nSPS) is 22.5. The van der Waals surface area contributed by atoms with Gasteiger partial charge in [0.2, 0.25) is 0 Å². The van der Waals surface area contributed by atoms with Gasteiger partial charge in [-0.1, -0.05) is 28.1 Å². The predicted octanol–water partition coefficient (Wildman–Crippen LogP) is 2.99. The Bertz CT molecular complexity index is 807. The van der Waals surface area contributed by atoms with Crippen molar-refractivity contribution in [2.75, 3.05) is 11.9 Å². The molecule has 1 aromatic carbocycles. The minimum Gasteiger partial charge on any atom is -0.462 e.